The summed E-state index contributed by atoms with van der Waals surface area (Å²) in [6.07, 6.45) is 0. The van der Waals surface area contributed by atoms with Crippen molar-refractivity contribution in [3.05, 3.63) is 68.7 Å². The smallest absolute Gasteiger partial charge is 0.201 e. The molecule has 6 heteroatoms. The number of benzene rings is 2. The van der Waals surface area contributed by atoms with Crippen LogP contribution in [0.25, 0.3) is 0 Å². The minimum Gasteiger partial charge on any atom is -0.288 e. The molecule has 1 nitrogen and oxygen atoms in total. The fraction of sp³-hybridized carbons (Fsp3) is 0.0714. The maximum Gasteiger partial charge on any atom is 0.201 e. The minimum atomic E-state index is -1.42. The van der Waals surface area contributed by atoms with Gasteiger partial charge in [-0.3, -0.25) is 4.79 Å². The SMILES string of the molecule is Cc1ccc(C(=O)c2c(F)cc(Br)cc2F)c(F)c1F. The normalized spacial score (nSPS) is 10.7. The van der Waals surface area contributed by atoms with Gasteiger partial charge in [0.1, 0.15) is 11.6 Å². The number of ketones is 1. The van der Waals surface area contributed by atoms with E-state index in [1.165, 1.54) is 13.0 Å². The van der Waals surface area contributed by atoms with Gasteiger partial charge in [-0.05, 0) is 30.7 Å². The molecular formula is C14H7BrF4O. The second-order valence-corrected chi connectivity index (χ2v) is 5.05. The first-order valence-electron chi connectivity index (χ1n) is 5.46. The van der Waals surface area contributed by atoms with Crippen molar-refractivity contribution in [2.24, 2.45) is 0 Å². The summed E-state index contributed by atoms with van der Waals surface area (Å²) in [7, 11) is 0. The number of rotatable bonds is 2. The number of carbonyl (C=O) groups excluding carboxylic acids is 1. The van der Waals surface area contributed by atoms with Gasteiger partial charge in [0.15, 0.2) is 11.6 Å². The predicted octanol–water partition coefficient (Wildman–Crippen LogP) is 4.54. The summed E-state index contributed by atoms with van der Waals surface area (Å²) in [5, 5.41) is 0. The van der Waals surface area contributed by atoms with Crippen LogP contribution in [-0.2, 0) is 0 Å². The van der Waals surface area contributed by atoms with E-state index in [2.05, 4.69) is 15.9 Å². The van der Waals surface area contributed by atoms with Crippen LogP contribution in [0.1, 0.15) is 21.5 Å². The average molecular weight is 347 g/mol. The van der Waals surface area contributed by atoms with Gasteiger partial charge in [-0.2, -0.15) is 0 Å². The largest absolute Gasteiger partial charge is 0.288 e. The molecule has 0 aromatic heterocycles. The van der Waals surface area contributed by atoms with E-state index in [9.17, 15) is 22.4 Å². The number of hydrogen-bond acceptors (Lipinski definition) is 1. The molecule has 2 aromatic carbocycles. The van der Waals surface area contributed by atoms with Gasteiger partial charge in [0, 0.05) is 4.47 Å². The summed E-state index contributed by atoms with van der Waals surface area (Å²) < 4.78 is 54.5. The highest BCUT2D eigenvalue weighted by molar-refractivity contribution is 9.10. The first-order chi connectivity index (χ1) is 9.32. The van der Waals surface area contributed by atoms with E-state index in [1.54, 1.807) is 0 Å². The highest BCUT2D eigenvalue weighted by Gasteiger charge is 2.24. The molecular weight excluding hydrogens is 340 g/mol. The van der Waals surface area contributed by atoms with Crippen molar-refractivity contribution in [2.75, 3.05) is 0 Å². The van der Waals surface area contributed by atoms with Crippen LogP contribution < -0.4 is 0 Å². The van der Waals surface area contributed by atoms with Crippen LogP contribution in [0, 0.1) is 30.2 Å². The monoisotopic (exact) mass is 346 g/mol. The van der Waals surface area contributed by atoms with Crippen LogP contribution >= 0.6 is 15.9 Å². The van der Waals surface area contributed by atoms with Crippen LogP contribution in [0.15, 0.2) is 28.7 Å². The summed E-state index contributed by atoms with van der Waals surface area (Å²) in [4.78, 5) is 12.0. The molecule has 0 atom stereocenters. The lowest BCUT2D eigenvalue weighted by Crippen LogP contribution is -2.11. The topological polar surface area (TPSA) is 17.1 Å². The summed E-state index contributed by atoms with van der Waals surface area (Å²) in [6.45, 7) is 1.31. The molecule has 0 N–H and O–H groups in total. The van der Waals surface area contributed by atoms with Crippen molar-refractivity contribution in [2.45, 2.75) is 6.92 Å². The molecule has 0 unspecified atom stereocenters. The zero-order valence-electron chi connectivity index (χ0n) is 10.1. The summed E-state index contributed by atoms with van der Waals surface area (Å²) >= 11 is 2.86. The van der Waals surface area contributed by atoms with Gasteiger partial charge in [0.2, 0.25) is 5.78 Å². The number of halogens is 5. The summed E-state index contributed by atoms with van der Waals surface area (Å²) in [5.41, 5.74) is -1.64. The average Bonchev–Trinajstić information content (AvgIpc) is 2.34. The van der Waals surface area contributed by atoms with Gasteiger partial charge < -0.3 is 0 Å². The van der Waals surface area contributed by atoms with E-state index in [4.69, 9.17) is 0 Å². The van der Waals surface area contributed by atoms with E-state index in [0.29, 0.717) is 0 Å². The van der Waals surface area contributed by atoms with E-state index in [0.717, 1.165) is 18.2 Å². The van der Waals surface area contributed by atoms with Gasteiger partial charge >= 0.3 is 0 Å². The van der Waals surface area contributed by atoms with Crippen molar-refractivity contribution in [3.63, 3.8) is 0 Å². The zero-order valence-corrected chi connectivity index (χ0v) is 11.7. The van der Waals surface area contributed by atoms with Gasteiger partial charge in [0.05, 0.1) is 11.1 Å². The first-order valence-corrected chi connectivity index (χ1v) is 6.26. The Balaban J connectivity index is 2.61. The van der Waals surface area contributed by atoms with E-state index < -0.39 is 40.2 Å². The van der Waals surface area contributed by atoms with Crippen LogP contribution in [0.2, 0.25) is 0 Å². The summed E-state index contributed by atoms with van der Waals surface area (Å²) in [6, 6.07) is 3.91. The van der Waals surface area contributed by atoms with Crippen molar-refractivity contribution >= 4 is 21.7 Å². The molecule has 0 heterocycles. The van der Waals surface area contributed by atoms with E-state index in [1.807, 2.05) is 0 Å². The van der Waals surface area contributed by atoms with Crippen LogP contribution in [0.4, 0.5) is 17.6 Å². The Kier molecular flexibility index (Phi) is 3.94. The molecule has 0 saturated carbocycles. The predicted molar refractivity (Wildman–Crippen MR) is 68.6 cm³/mol. The Hall–Kier alpha value is -1.69. The van der Waals surface area contributed by atoms with Gasteiger partial charge in [-0.1, -0.05) is 22.0 Å². The third-order valence-corrected chi connectivity index (χ3v) is 3.21. The Labute approximate surface area is 120 Å². The van der Waals surface area contributed by atoms with Gasteiger partial charge in [0.25, 0.3) is 0 Å². The molecule has 0 radical (unpaired) electrons. The molecule has 0 aliphatic rings. The van der Waals surface area contributed by atoms with Crippen LogP contribution in [0.3, 0.4) is 0 Å². The number of carbonyl (C=O) groups is 1. The number of aryl methyl sites for hydroxylation is 1. The lowest BCUT2D eigenvalue weighted by atomic mass is 10.0. The van der Waals surface area contributed by atoms with Crippen molar-refractivity contribution in [1.82, 2.24) is 0 Å². The first kappa shape index (κ1) is 14.7. The molecule has 20 heavy (non-hydrogen) atoms. The van der Waals surface area contributed by atoms with Gasteiger partial charge in [-0.15, -0.1) is 0 Å². The van der Waals surface area contributed by atoms with Gasteiger partial charge in [-0.25, -0.2) is 17.6 Å². The molecule has 0 saturated heterocycles. The lowest BCUT2D eigenvalue weighted by molar-refractivity contribution is 0.102. The standard InChI is InChI=1S/C14H7BrF4O/c1-6-2-3-8(13(19)12(6)18)14(20)11-9(16)4-7(15)5-10(11)17/h2-5H,1H3. The second-order valence-electron chi connectivity index (χ2n) is 4.13. The van der Waals surface area contributed by atoms with E-state index in [-0.39, 0.29) is 10.0 Å². The quantitative estimate of drug-likeness (QED) is 0.576. The Morgan fingerprint density at radius 2 is 1.55 bits per heavy atom. The van der Waals surface area contributed by atoms with Crippen LogP contribution in [-0.4, -0.2) is 5.78 Å². The minimum absolute atomic E-state index is 0.00389. The summed E-state index contributed by atoms with van der Waals surface area (Å²) in [5.74, 6) is -6.18. The number of hydrogen-bond donors (Lipinski definition) is 0. The fourth-order valence-electron chi connectivity index (χ4n) is 1.72. The molecule has 0 aliphatic carbocycles. The lowest BCUT2D eigenvalue weighted by Gasteiger charge is -2.07. The van der Waals surface area contributed by atoms with Crippen molar-refractivity contribution < 1.29 is 22.4 Å². The molecule has 0 aliphatic heterocycles. The van der Waals surface area contributed by atoms with Crippen molar-refractivity contribution in [3.8, 4) is 0 Å². The zero-order chi connectivity index (χ0) is 15.0. The highest BCUT2D eigenvalue weighted by atomic mass is 79.9. The third kappa shape index (κ3) is 2.47. The van der Waals surface area contributed by atoms with Crippen molar-refractivity contribution in [1.29, 1.82) is 0 Å². The maximum atomic E-state index is 13.7. The highest BCUT2D eigenvalue weighted by Crippen LogP contribution is 2.24. The molecule has 0 spiro atoms. The second kappa shape index (κ2) is 5.36. The molecule has 0 bridgehead atoms. The molecule has 0 fully saturated rings. The molecule has 2 aromatic rings. The fourth-order valence-corrected chi connectivity index (χ4v) is 2.12. The Morgan fingerprint density at radius 1 is 1.00 bits per heavy atom. The van der Waals surface area contributed by atoms with Crippen LogP contribution in [0.5, 0.6) is 0 Å². The Bertz CT molecular complexity index is 690. The van der Waals surface area contributed by atoms with E-state index >= 15 is 0 Å². The third-order valence-electron chi connectivity index (χ3n) is 2.75. The Morgan fingerprint density at radius 3 is 2.10 bits per heavy atom. The molecule has 104 valence electrons. The molecule has 2 rings (SSSR count). The maximum absolute atomic E-state index is 13.7. The molecule has 0 amide bonds.